The molecule has 0 aromatic carbocycles. The second-order valence-electron chi connectivity index (χ2n) is 4.34. The van der Waals surface area contributed by atoms with Gasteiger partial charge in [0, 0.05) is 23.3 Å². The van der Waals surface area contributed by atoms with Gasteiger partial charge in [-0.1, -0.05) is 11.6 Å². The fourth-order valence-electron chi connectivity index (χ4n) is 2.01. The molecule has 0 atom stereocenters. The van der Waals surface area contributed by atoms with E-state index in [0.29, 0.717) is 5.38 Å². The van der Waals surface area contributed by atoms with E-state index in [9.17, 15) is 0 Å². The van der Waals surface area contributed by atoms with Crippen LogP contribution in [0.2, 0.25) is 4.34 Å². The van der Waals surface area contributed by atoms with Gasteiger partial charge in [-0.15, -0.1) is 22.9 Å². The molecule has 1 aliphatic rings. The van der Waals surface area contributed by atoms with Crippen LogP contribution in [-0.2, 0) is 6.54 Å². The van der Waals surface area contributed by atoms with E-state index >= 15 is 0 Å². The van der Waals surface area contributed by atoms with Crippen LogP contribution in [0.5, 0.6) is 0 Å². The van der Waals surface area contributed by atoms with Gasteiger partial charge in [0.05, 0.1) is 4.34 Å². The van der Waals surface area contributed by atoms with Crippen molar-refractivity contribution in [3.8, 4) is 0 Å². The van der Waals surface area contributed by atoms with Crippen molar-refractivity contribution in [3.63, 3.8) is 0 Å². The lowest BCUT2D eigenvalue weighted by molar-refractivity contribution is 0.205. The Morgan fingerprint density at radius 3 is 2.73 bits per heavy atom. The first kappa shape index (κ1) is 11.7. The van der Waals surface area contributed by atoms with Crippen LogP contribution in [0.3, 0.4) is 0 Å². The SMILES string of the molecule is CN(Cc1ccc(Cl)s1)CC1CC(Cl)C1. The largest absolute Gasteiger partial charge is 0.301 e. The topological polar surface area (TPSA) is 3.24 Å². The molecule has 15 heavy (non-hydrogen) atoms. The molecule has 84 valence electrons. The molecule has 1 nitrogen and oxygen atoms in total. The average Bonchev–Trinajstić information content (AvgIpc) is 2.48. The van der Waals surface area contributed by atoms with E-state index < -0.39 is 0 Å². The van der Waals surface area contributed by atoms with E-state index in [-0.39, 0.29) is 0 Å². The molecule has 4 heteroatoms. The number of hydrogen-bond acceptors (Lipinski definition) is 2. The van der Waals surface area contributed by atoms with Gasteiger partial charge in [-0.05, 0) is 37.9 Å². The van der Waals surface area contributed by atoms with E-state index in [2.05, 4.69) is 18.0 Å². The van der Waals surface area contributed by atoms with Gasteiger partial charge >= 0.3 is 0 Å². The van der Waals surface area contributed by atoms with Crippen molar-refractivity contribution in [2.45, 2.75) is 24.8 Å². The Hall–Kier alpha value is 0.240. The van der Waals surface area contributed by atoms with Gasteiger partial charge in [0.2, 0.25) is 0 Å². The highest BCUT2D eigenvalue weighted by molar-refractivity contribution is 7.16. The Labute approximate surface area is 105 Å². The van der Waals surface area contributed by atoms with Crippen LogP contribution in [0.4, 0.5) is 0 Å². The maximum atomic E-state index is 5.96. The van der Waals surface area contributed by atoms with Gasteiger partial charge in [0.25, 0.3) is 0 Å². The molecule has 1 aromatic rings. The van der Waals surface area contributed by atoms with Crippen molar-refractivity contribution < 1.29 is 0 Å². The summed E-state index contributed by atoms with van der Waals surface area (Å²) in [7, 11) is 2.16. The Morgan fingerprint density at radius 2 is 2.20 bits per heavy atom. The zero-order chi connectivity index (χ0) is 10.8. The zero-order valence-electron chi connectivity index (χ0n) is 8.75. The van der Waals surface area contributed by atoms with Crippen molar-refractivity contribution in [2.24, 2.45) is 5.92 Å². The summed E-state index contributed by atoms with van der Waals surface area (Å²) in [6.07, 6.45) is 2.36. The summed E-state index contributed by atoms with van der Waals surface area (Å²) in [6, 6.07) is 4.07. The van der Waals surface area contributed by atoms with Crippen LogP contribution in [0.15, 0.2) is 12.1 Å². The molecule has 0 radical (unpaired) electrons. The predicted octanol–water partition coefficient (Wildman–Crippen LogP) is 3.85. The van der Waals surface area contributed by atoms with Crippen molar-refractivity contribution in [1.29, 1.82) is 0 Å². The molecule has 0 amide bonds. The van der Waals surface area contributed by atoms with Crippen LogP contribution in [-0.4, -0.2) is 23.9 Å². The number of thiophene rings is 1. The van der Waals surface area contributed by atoms with Crippen LogP contribution < -0.4 is 0 Å². The second kappa shape index (κ2) is 5.05. The smallest absolute Gasteiger partial charge is 0.0931 e. The molecule has 0 saturated heterocycles. The number of hydrogen-bond donors (Lipinski definition) is 0. The van der Waals surface area contributed by atoms with Gasteiger partial charge < -0.3 is 4.90 Å². The standard InChI is InChI=1S/C11H15Cl2NS/c1-14(6-8-4-9(12)5-8)7-10-2-3-11(13)15-10/h2-3,8-9H,4-7H2,1H3. The van der Waals surface area contributed by atoms with Gasteiger partial charge in [-0.3, -0.25) is 0 Å². The van der Waals surface area contributed by atoms with Crippen molar-refractivity contribution in [1.82, 2.24) is 4.90 Å². The summed E-state index contributed by atoms with van der Waals surface area (Å²) in [4.78, 5) is 3.69. The van der Waals surface area contributed by atoms with Gasteiger partial charge in [-0.25, -0.2) is 0 Å². The first-order valence-electron chi connectivity index (χ1n) is 5.20. The second-order valence-corrected chi connectivity index (χ2v) is 6.75. The monoisotopic (exact) mass is 263 g/mol. The minimum atomic E-state index is 0.430. The van der Waals surface area contributed by atoms with Gasteiger partial charge in [0.1, 0.15) is 0 Å². The van der Waals surface area contributed by atoms with Crippen molar-refractivity contribution in [2.75, 3.05) is 13.6 Å². The van der Waals surface area contributed by atoms with Crippen molar-refractivity contribution in [3.05, 3.63) is 21.3 Å². The van der Waals surface area contributed by atoms with E-state index in [1.54, 1.807) is 11.3 Å². The third-order valence-corrected chi connectivity index (χ3v) is 4.37. The van der Waals surface area contributed by atoms with Crippen LogP contribution in [0, 0.1) is 5.92 Å². The first-order valence-corrected chi connectivity index (χ1v) is 6.83. The lowest BCUT2D eigenvalue weighted by Gasteiger charge is -2.33. The lowest BCUT2D eigenvalue weighted by atomic mass is 9.84. The van der Waals surface area contributed by atoms with E-state index in [1.807, 2.05) is 6.07 Å². The fraction of sp³-hybridized carbons (Fsp3) is 0.636. The summed E-state index contributed by atoms with van der Waals surface area (Å²) < 4.78 is 0.878. The summed E-state index contributed by atoms with van der Waals surface area (Å²) in [5, 5.41) is 0.430. The zero-order valence-corrected chi connectivity index (χ0v) is 11.1. The molecule has 1 heterocycles. The maximum Gasteiger partial charge on any atom is 0.0931 e. The molecular formula is C11H15Cl2NS. The maximum absolute atomic E-state index is 5.96. The molecule has 1 aliphatic carbocycles. The van der Waals surface area contributed by atoms with Crippen molar-refractivity contribution >= 4 is 34.5 Å². The third kappa shape index (κ3) is 3.35. The highest BCUT2D eigenvalue weighted by Gasteiger charge is 2.27. The lowest BCUT2D eigenvalue weighted by Crippen LogP contribution is -2.34. The predicted molar refractivity (Wildman–Crippen MR) is 68.0 cm³/mol. The molecule has 2 rings (SSSR count). The molecule has 0 spiro atoms. The fourth-order valence-corrected chi connectivity index (χ4v) is 3.68. The van der Waals surface area contributed by atoms with E-state index in [4.69, 9.17) is 23.2 Å². The number of halogens is 2. The summed E-state index contributed by atoms with van der Waals surface area (Å²) >= 11 is 13.5. The summed E-state index contributed by atoms with van der Waals surface area (Å²) in [5.41, 5.74) is 0. The van der Waals surface area contributed by atoms with Crippen LogP contribution >= 0.6 is 34.5 Å². The number of alkyl halides is 1. The van der Waals surface area contributed by atoms with Crippen LogP contribution in [0.1, 0.15) is 17.7 Å². The normalized spacial score (nSPS) is 25.6. The minimum absolute atomic E-state index is 0.430. The molecule has 1 saturated carbocycles. The average molecular weight is 264 g/mol. The van der Waals surface area contributed by atoms with Gasteiger partial charge in [0.15, 0.2) is 0 Å². The quantitative estimate of drug-likeness (QED) is 0.746. The third-order valence-electron chi connectivity index (χ3n) is 2.80. The molecule has 0 aliphatic heterocycles. The Morgan fingerprint density at radius 1 is 1.47 bits per heavy atom. The minimum Gasteiger partial charge on any atom is -0.301 e. The number of rotatable bonds is 4. The van der Waals surface area contributed by atoms with E-state index in [0.717, 1.165) is 23.3 Å². The molecule has 0 N–H and O–H groups in total. The molecule has 0 unspecified atom stereocenters. The summed E-state index contributed by atoms with van der Waals surface area (Å²) in [5.74, 6) is 0.799. The molecule has 0 bridgehead atoms. The highest BCUT2D eigenvalue weighted by atomic mass is 35.5. The van der Waals surface area contributed by atoms with Gasteiger partial charge in [-0.2, -0.15) is 0 Å². The highest BCUT2D eigenvalue weighted by Crippen LogP contribution is 2.32. The Balaban J connectivity index is 1.75. The van der Waals surface area contributed by atoms with Crippen LogP contribution in [0.25, 0.3) is 0 Å². The first-order chi connectivity index (χ1) is 7.13. The Bertz CT molecular complexity index is 320. The van der Waals surface area contributed by atoms with E-state index in [1.165, 1.54) is 17.7 Å². The Kier molecular flexibility index (Phi) is 3.94. The number of nitrogens with zero attached hydrogens (tertiary/aromatic N) is 1. The molecule has 1 fully saturated rings. The summed E-state index contributed by atoms with van der Waals surface area (Å²) in [6.45, 7) is 2.15. The molecule has 1 aromatic heterocycles. The molecular weight excluding hydrogens is 249 g/mol.